The van der Waals surface area contributed by atoms with Crippen molar-refractivity contribution in [3.63, 3.8) is 0 Å². The molecular formula is C67H88N8O17. The highest BCUT2D eigenvalue weighted by molar-refractivity contribution is 5.95. The Morgan fingerprint density at radius 3 is 2.03 bits per heavy atom. The number of piperidine rings is 1. The summed E-state index contributed by atoms with van der Waals surface area (Å²) in [5.41, 5.74) is -0.0885. The number of aryl methyl sites for hydroxylation is 2. The van der Waals surface area contributed by atoms with Crippen molar-refractivity contribution in [1.82, 2.24) is 40.7 Å². The third kappa shape index (κ3) is 19.1. The van der Waals surface area contributed by atoms with E-state index in [1.807, 2.05) is 36.4 Å². The summed E-state index contributed by atoms with van der Waals surface area (Å²) < 4.78 is 49.6. The molecule has 92 heavy (non-hydrogen) atoms. The molecule has 4 fully saturated rings. The van der Waals surface area contributed by atoms with Gasteiger partial charge < -0.3 is 58.7 Å². The van der Waals surface area contributed by atoms with Crippen LogP contribution in [0, 0.1) is 19.8 Å². The lowest BCUT2D eigenvalue weighted by Gasteiger charge is -2.51. The van der Waals surface area contributed by atoms with Crippen LogP contribution in [0.4, 0.5) is 9.59 Å². The molecule has 8 rings (SSSR count). The minimum absolute atomic E-state index is 0.000997. The fraction of sp³-hybridized carbons (Fsp3) is 0.567. The van der Waals surface area contributed by atoms with Crippen LogP contribution < -0.4 is 20.7 Å². The van der Waals surface area contributed by atoms with Crippen molar-refractivity contribution in [3.8, 4) is 5.75 Å². The number of nitrogens with one attached hydrogen (secondary N) is 3. The number of benzene rings is 3. The molecule has 0 radical (unpaired) electrons. The third-order valence-electron chi connectivity index (χ3n) is 17.3. The number of rotatable bonds is 23. The molecule has 4 aromatic rings. The quantitative estimate of drug-likeness (QED) is 0.0374. The molecule has 3 aromatic carbocycles. The molecule has 25 nitrogen and oxygen atoms in total. The molecule has 1 saturated carbocycles. The molecule has 0 unspecified atom stereocenters. The van der Waals surface area contributed by atoms with Crippen LogP contribution in [0.3, 0.4) is 0 Å². The maximum absolute atomic E-state index is 15.5. The van der Waals surface area contributed by atoms with Gasteiger partial charge in [-0.3, -0.25) is 33.7 Å². The minimum atomic E-state index is -2.08. The summed E-state index contributed by atoms with van der Waals surface area (Å²) in [5, 5.41) is 17.4. The second-order valence-corrected chi connectivity index (χ2v) is 25.6. The van der Waals surface area contributed by atoms with Crippen molar-refractivity contribution >= 4 is 53.8 Å². The monoisotopic (exact) mass is 1280 g/mol. The van der Waals surface area contributed by atoms with Crippen LogP contribution in [0.2, 0.25) is 0 Å². The second-order valence-electron chi connectivity index (χ2n) is 25.6. The summed E-state index contributed by atoms with van der Waals surface area (Å²) in [6.45, 7) is 14.3. The Labute approximate surface area is 536 Å². The van der Waals surface area contributed by atoms with Crippen LogP contribution in [-0.2, 0) is 81.7 Å². The number of ether oxygens (including phenoxy) is 8. The lowest BCUT2D eigenvalue weighted by molar-refractivity contribution is -0.243. The first-order valence-corrected chi connectivity index (χ1v) is 31.6. The number of nitrogens with zero attached hydrogens (tertiary/aromatic N) is 5. The van der Waals surface area contributed by atoms with Crippen LogP contribution in [0.15, 0.2) is 79.0 Å². The topological polar surface area (TPSA) is 301 Å². The van der Waals surface area contributed by atoms with Gasteiger partial charge in [0.1, 0.15) is 43.3 Å². The average molecular weight is 1280 g/mol. The number of likely N-dealkylation sites (tertiary alicyclic amines) is 2. The fourth-order valence-corrected chi connectivity index (χ4v) is 13.0. The van der Waals surface area contributed by atoms with E-state index in [0.717, 1.165) is 71.3 Å². The summed E-state index contributed by atoms with van der Waals surface area (Å²) in [6.07, 6.45) is -0.315. The molecule has 1 spiro atoms. The number of alkyl carbamates (subject to hydrolysis) is 1. The van der Waals surface area contributed by atoms with E-state index in [2.05, 4.69) is 31.2 Å². The van der Waals surface area contributed by atoms with Crippen LogP contribution in [-0.4, -0.2) is 165 Å². The first-order chi connectivity index (χ1) is 43.8. The van der Waals surface area contributed by atoms with Gasteiger partial charge in [0.25, 0.3) is 5.91 Å². The van der Waals surface area contributed by atoms with Gasteiger partial charge in [0, 0.05) is 89.9 Å². The maximum Gasteiger partial charge on any atom is 0.410 e. The van der Waals surface area contributed by atoms with Crippen LogP contribution in [0.25, 0.3) is 0 Å². The zero-order valence-electron chi connectivity index (χ0n) is 54.2. The summed E-state index contributed by atoms with van der Waals surface area (Å²) in [6, 6.07) is 19.9. The minimum Gasteiger partial charge on any atom is -0.460 e. The Kier molecular flexibility index (Phi) is 23.6. The summed E-state index contributed by atoms with van der Waals surface area (Å²) in [4.78, 5) is 127. The Morgan fingerprint density at radius 2 is 1.41 bits per heavy atom. The van der Waals surface area contributed by atoms with Gasteiger partial charge in [-0.05, 0) is 126 Å². The molecule has 3 saturated heterocycles. The van der Waals surface area contributed by atoms with E-state index in [4.69, 9.17) is 37.9 Å². The normalized spacial score (nSPS) is 23.0. The van der Waals surface area contributed by atoms with Gasteiger partial charge >= 0.3 is 42.0 Å². The Morgan fingerprint density at radius 1 is 0.761 bits per heavy atom. The fourth-order valence-electron chi connectivity index (χ4n) is 13.0. The number of hydrogen-bond donors (Lipinski definition) is 3. The van der Waals surface area contributed by atoms with Crippen molar-refractivity contribution in [2.75, 3.05) is 39.3 Å². The molecule has 4 aliphatic rings. The Bertz CT molecular complexity index is 3230. The molecule has 498 valence electrons. The van der Waals surface area contributed by atoms with Gasteiger partial charge in [-0.25, -0.2) is 19.1 Å². The van der Waals surface area contributed by atoms with E-state index >= 15 is 4.79 Å². The number of hydrogen-bond acceptors (Lipinski definition) is 20. The standard InChI is InChI=1S/C67H88N8O17/c1-42-32-52(33-43(2)58(42)89-46(5)78)61(81)68-36-55(88-45(4)77)59(90-47(6)79)60-57(70-56(80)38-75-37-53(71-72-75)51-24-22-48(23-25-51)35-69-63(83)86-40-50-20-14-11-15-21-50)54(87-44(3)76)34-67(91-60,62(82)85-39-49-18-12-10-13-19-49)28-31-74-29-17-16-26-66(74)27-30-73(41-66)64(84)92-65(7,8)9/h10-15,18-21,32-33,37,48,51,54-55,57,59-60H,16-17,22-31,34-36,38-41H2,1-9H3,(H,68,81)(H,69,83)(H,70,80)/t48?,51?,54-,55+,57+,59+,60+,66-,67+/m0/s1. The molecule has 3 N–H and O–H groups in total. The smallest absolute Gasteiger partial charge is 0.410 e. The Hall–Kier alpha value is -8.45. The maximum atomic E-state index is 15.5. The van der Waals surface area contributed by atoms with Gasteiger partial charge in [0.15, 0.2) is 17.8 Å². The van der Waals surface area contributed by atoms with Crippen LogP contribution >= 0.6 is 0 Å². The van der Waals surface area contributed by atoms with Crippen molar-refractivity contribution in [3.05, 3.63) is 113 Å². The summed E-state index contributed by atoms with van der Waals surface area (Å²) in [5.74, 6) is -4.93. The lowest BCUT2D eigenvalue weighted by atomic mass is 9.80. The number of aromatic nitrogens is 3. The summed E-state index contributed by atoms with van der Waals surface area (Å²) in [7, 11) is 0. The van der Waals surface area contributed by atoms with E-state index in [1.165, 1.54) is 23.7 Å². The zero-order chi connectivity index (χ0) is 66.3. The molecule has 7 atom stereocenters. The molecule has 3 aliphatic heterocycles. The molecule has 25 heteroatoms. The van der Waals surface area contributed by atoms with Crippen molar-refractivity contribution in [1.29, 1.82) is 0 Å². The van der Waals surface area contributed by atoms with Crippen LogP contribution in [0.5, 0.6) is 5.75 Å². The van der Waals surface area contributed by atoms with Crippen molar-refractivity contribution in [2.24, 2.45) is 5.92 Å². The number of carbonyl (C=O) groups is 9. The van der Waals surface area contributed by atoms with E-state index < -0.39 is 121 Å². The second kappa shape index (κ2) is 31.2. The van der Waals surface area contributed by atoms with Crippen molar-refractivity contribution in [2.45, 2.75) is 199 Å². The van der Waals surface area contributed by atoms with Crippen molar-refractivity contribution < 1.29 is 81.0 Å². The van der Waals surface area contributed by atoms with Gasteiger partial charge in [-0.15, -0.1) is 5.10 Å². The van der Waals surface area contributed by atoms with Crippen LogP contribution in [0.1, 0.15) is 157 Å². The van der Waals surface area contributed by atoms with E-state index in [1.54, 1.807) is 70.0 Å². The molecule has 1 aliphatic carbocycles. The van der Waals surface area contributed by atoms with Gasteiger partial charge in [-0.2, -0.15) is 0 Å². The van der Waals surface area contributed by atoms with E-state index in [-0.39, 0.29) is 49.3 Å². The molecular weight excluding hydrogens is 1190 g/mol. The molecule has 4 heterocycles. The highest BCUT2D eigenvalue weighted by atomic mass is 16.6. The molecule has 1 aromatic heterocycles. The molecule has 0 bridgehead atoms. The lowest BCUT2D eigenvalue weighted by Crippen LogP contribution is -2.69. The van der Waals surface area contributed by atoms with Gasteiger partial charge in [-0.1, -0.05) is 72.3 Å². The average Bonchev–Trinajstić information content (AvgIpc) is 0.894. The van der Waals surface area contributed by atoms with Gasteiger partial charge in [0.2, 0.25) is 5.91 Å². The number of carbonyl (C=O) groups excluding carboxylic acids is 9. The highest BCUT2D eigenvalue weighted by Crippen LogP contribution is 2.43. The first kappa shape index (κ1) is 69.4. The predicted molar refractivity (Wildman–Crippen MR) is 331 cm³/mol. The van der Waals surface area contributed by atoms with E-state index in [9.17, 15) is 38.4 Å². The SMILES string of the molecule is CC(=O)Oc1c(C)cc(C(=O)NC[C@@H](OC(C)=O)[C@@H](OC(C)=O)[C@@H]2O[C@@](CCN3CCCC[C@@]34CCN(C(=O)OC(C)(C)C)C4)(C(=O)OCc3ccccc3)C[C@H](OC(C)=O)[C@H]2NC(=O)Cn2cc(C3CCC(CNC(=O)OCc4ccccc4)CC3)nn2)cc1C. The molecule has 4 amide bonds. The number of amides is 4. The highest BCUT2D eigenvalue weighted by Gasteiger charge is 2.59. The zero-order valence-corrected chi connectivity index (χ0v) is 54.2. The predicted octanol–water partition coefficient (Wildman–Crippen LogP) is 7.26. The number of esters is 5. The Balaban J connectivity index is 1.11. The van der Waals surface area contributed by atoms with E-state index in [0.29, 0.717) is 55.0 Å². The summed E-state index contributed by atoms with van der Waals surface area (Å²) >= 11 is 0. The third-order valence-corrected chi connectivity index (χ3v) is 17.3. The van der Waals surface area contributed by atoms with Gasteiger partial charge in [0.05, 0.1) is 18.3 Å². The largest absolute Gasteiger partial charge is 0.460 e. The first-order valence-electron chi connectivity index (χ1n) is 31.6.